The first-order valence-electron chi connectivity index (χ1n) is 7.49. The first-order valence-corrected chi connectivity index (χ1v) is 9.64. The van der Waals surface area contributed by atoms with Gasteiger partial charge in [-0.15, -0.1) is 0 Å². The van der Waals surface area contributed by atoms with Crippen LogP contribution in [0.2, 0.25) is 0 Å². The van der Waals surface area contributed by atoms with E-state index in [1.807, 2.05) is 0 Å². The highest BCUT2D eigenvalue weighted by Crippen LogP contribution is 2.22. The number of aromatic nitrogens is 1. The van der Waals surface area contributed by atoms with Gasteiger partial charge in [0.25, 0.3) is 0 Å². The molecule has 0 aliphatic heterocycles. The lowest BCUT2D eigenvalue weighted by Gasteiger charge is -1.93. The molecule has 0 unspecified atom stereocenters. The van der Waals surface area contributed by atoms with E-state index in [1.165, 1.54) is 22.3 Å². The highest BCUT2D eigenvalue weighted by Gasteiger charge is 2.10. The van der Waals surface area contributed by atoms with Crippen LogP contribution in [0.3, 0.4) is 0 Å². The number of aryl methyl sites for hydroxylation is 2. The Morgan fingerprint density at radius 2 is 1.26 bits per heavy atom. The Hall–Kier alpha value is -2.10. The molecule has 3 aromatic rings. The fraction of sp³-hybridized carbons (Fsp3) is 0.100. The quantitative estimate of drug-likeness (QED) is 0.394. The maximum atomic E-state index is 4.64. The number of benzene rings is 2. The van der Waals surface area contributed by atoms with Crippen LogP contribution in [0.15, 0.2) is 48.5 Å². The van der Waals surface area contributed by atoms with E-state index in [0.717, 1.165) is 10.0 Å². The molecule has 2 aromatic carbocycles. The van der Waals surface area contributed by atoms with Crippen molar-refractivity contribution >= 4 is 45.0 Å². The van der Waals surface area contributed by atoms with Crippen LogP contribution in [0.25, 0.3) is 24.3 Å². The van der Waals surface area contributed by atoms with E-state index in [2.05, 4.69) is 91.7 Å². The van der Waals surface area contributed by atoms with Crippen LogP contribution in [-0.4, -0.2) is 4.98 Å². The van der Waals surface area contributed by atoms with Gasteiger partial charge in [-0.05, 0) is 37.1 Å². The van der Waals surface area contributed by atoms with E-state index < -0.39 is 0 Å². The van der Waals surface area contributed by atoms with Crippen LogP contribution in [0.4, 0.5) is 0 Å². The smallest absolute Gasteiger partial charge is 0.177 e. The van der Waals surface area contributed by atoms with Gasteiger partial charge < -0.3 is 0 Å². The van der Waals surface area contributed by atoms with E-state index >= 15 is 0 Å². The Kier molecular flexibility index (Phi) is 5.11. The summed E-state index contributed by atoms with van der Waals surface area (Å²) in [6, 6.07) is 17.0. The lowest BCUT2D eigenvalue weighted by Crippen LogP contribution is -1.75. The van der Waals surface area contributed by atoms with Gasteiger partial charge in [0, 0.05) is 6.08 Å². The third-order valence-corrected chi connectivity index (χ3v) is 5.58. The average Bonchev–Trinajstić information content (AvgIpc) is 3.02. The molecule has 0 amide bonds. The Bertz CT molecular complexity index is 755. The van der Waals surface area contributed by atoms with Gasteiger partial charge in [0.15, 0.2) is 15.3 Å². The van der Waals surface area contributed by atoms with Crippen molar-refractivity contribution < 1.29 is 0 Å². The monoisotopic (exact) mass is 336 g/mol. The van der Waals surface area contributed by atoms with Gasteiger partial charge in [-0.3, -0.25) is 0 Å². The van der Waals surface area contributed by atoms with Crippen molar-refractivity contribution in [2.24, 2.45) is 0 Å². The molecule has 1 heterocycles. The molecule has 0 bridgehead atoms. The zero-order valence-electron chi connectivity index (χ0n) is 13.2. The lowest BCUT2D eigenvalue weighted by molar-refractivity contribution is 1.39. The first kappa shape index (κ1) is 15.8. The fourth-order valence-electron chi connectivity index (χ4n) is 2.05. The number of hydrogen-bond donors (Lipinski definition) is 0. The highest BCUT2D eigenvalue weighted by atomic mass is 32.9. The molecule has 1 nitrogen and oxygen atoms in total. The topological polar surface area (TPSA) is 12.9 Å². The lowest BCUT2D eigenvalue weighted by atomic mass is 10.1. The molecule has 1 aromatic heterocycles. The van der Waals surface area contributed by atoms with E-state index in [4.69, 9.17) is 0 Å². The maximum Gasteiger partial charge on any atom is 0.341 e. The Morgan fingerprint density at radius 3 is 1.83 bits per heavy atom. The van der Waals surface area contributed by atoms with E-state index in [0.29, 0.717) is 0 Å². The van der Waals surface area contributed by atoms with Crippen molar-refractivity contribution in [2.45, 2.75) is 13.8 Å². The molecule has 0 aliphatic rings. The maximum absolute atomic E-state index is 4.64. The number of hydrogen-bond acceptors (Lipinski definition) is 2. The first-order chi connectivity index (χ1) is 11.2. The molecule has 0 radical (unpaired) electrons. The zero-order valence-corrected chi connectivity index (χ0v) is 14.8. The second-order valence-electron chi connectivity index (χ2n) is 5.44. The van der Waals surface area contributed by atoms with E-state index in [-0.39, 0.29) is 0 Å². The van der Waals surface area contributed by atoms with Gasteiger partial charge in [0.2, 0.25) is 0 Å². The van der Waals surface area contributed by atoms with Gasteiger partial charge >= 0.3 is 15.3 Å². The highest BCUT2D eigenvalue weighted by molar-refractivity contribution is 7.69. The molecule has 0 N–H and O–H groups in total. The minimum absolute atomic E-state index is 1.04. The average molecular weight is 337 g/mol. The molecule has 3 rings (SSSR count). The predicted octanol–water partition coefficient (Wildman–Crippen LogP) is 6.44. The molecule has 0 atom stereocenters. The van der Waals surface area contributed by atoms with Crippen molar-refractivity contribution in [2.75, 3.05) is 0 Å². The zero-order chi connectivity index (χ0) is 16.1. The summed E-state index contributed by atoms with van der Waals surface area (Å²) >= 11 is 0. The summed E-state index contributed by atoms with van der Waals surface area (Å²) < 4.78 is 0. The van der Waals surface area contributed by atoms with Crippen molar-refractivity contribution in [3.63, 3.8) is 0 Å². The van der Waals surface area contributed by atoms with E-state index in [9.17, 15) is 0 Å². The van der Waals surface area contributed by atoms with Gasteiger partial charge in [-0.25, -0.2) is 0 Å². The Morgan fingerprint density at radius 1 is 0.739 bits per heavy atom. The number of nitrogens with zero attached hydrogens (tertiary/aromatic N) is 1. The molecular formula is C20H18NS2+. The molecular weight excluding hydrogens is 318 g/mol. The molecule has 0 saturated carbocycles. The standard InChI is InChI=1S/C20H18NS2/c1-15-3-7-17(8-4-15)11-13-19-21-20(23-22-19)14-12-18-9-5-16(2)6-10-18/h3-14H,1-2H3/q+1/b13-11+,14-12+. The van der Waals surface area contributed by atoms with Gasteiger partial charge in [0.1, 0.15) is 0 Å². The normalized spacial score (nSPS) is 11.6. The van der Waals surface area contributed by atoms with Crippen LogP contribution in [0.5, 0.6) is 0 Å². The summed E-state index contributed by atoms with van der Waals surface area (Å²) in [5.41, 5.74) is 4.96. The summed E-state index contributed by atoms with van der Waals surface area (Å²) in [4.78, 5) is 4.64. The summed E-state index contributed by atoms with van der Waals surface area (Å²) in [6.45, 7) is 4.20. The van der Waals surface area contributed by atoms with Crippen LogP contribution in [0, 0.1) is 13.8 Å². The SMILES string of the molecule is Cc1ccc(/C=C/c2nc(/C=C/c3ccc(C)cc3)[s+]s2)cc1. The summed E-state index contributed by atoms with van der Waals surface area (Å²) in [7, 11) is 3.40. The minimum atomic E-state index is 1.04. The molecule has 0 saturated heterocycles. The van der Waals surface area contributed by atoms with Crippen LogP contribution in [-0.2, 0) is 0 Å². The van der Waals surface area contributed by atoms with Crippen molar-refractivity contribution in [1.82, 2.24) is 4.98 Å². The van der Waals surface area contributed by atoms with Crippen LogP contribution >= 0.6 is 20.7 Å². The van der Waals surface area contributed by atoms with Crippen LogP contribution < -0.4 is 0 Å². The van der Waals surface area contributed by atoms with Gasteiger partial charge in [-0.1, -0.05) is 65.7 Å². The minimum Gasteiger partial charge on any atom is -0.177 e. The van der Waals surface area contributed by atoms with Crippen molar-refractivity contribution in [1.29, 1.82) is 0 Å². The van der Waals surface area contributed by atoms with Crippen LogP contribution in [0.1, 0.15) is 32.3 Å². The van der Waals surface area contributed by atoms with E-state index in [1.54, 1.807) is 20.7 Å². The Labute approximate surface area is 144 Å². The third-order valence-electron chi connectivity index (χ3n) is 3.42. The molecule has 3 heteroatoms. The molecule has 114 valence electrons. The molecule has 0 aliphatic carbocycles. The number of rotatable bonds is 4. The second kappa shape index (κ2) is 7.44. The fourth-order valence-corrected chi connectivity index (χ4v) is 3.87. The summed E-state index contributed by atoms with van der Waals surface area (Å²) in [5.74, 6) is 0. The van der Waals surface area contributed by atoms with Crippen molar-refractivity contribution in [3.8, 4) is 0 Å². The van der Waals surface area contributed by atoms with Gasteiger partial charge in [-0.2, -0.15) is 4.98 Å². The van der Waals surface area contributed by atoms with Crippen molar-refractivity contribution in [3.05, 3.63) is 80.8 Å². The second-order valence-corrected chi connectivity index (χ2v) is 7.61. The molecule has 0 fully saturated rings. The van der Waals surface area contributed by atoms with Gasteiger partial charge in [0.05, 0.1) is 0 Å². The predicted molar refractivity (Wildman–Crippen MR) is 105 cm³/mol. The summed E-state index contributed by atoms with van der Waals surface area (Å²) in [5, 5.41) is 2.08. The largest absolute Gasteiger partial charge is 0.341 e. The molecule has 23 heavy (non-hydrogen) atoms. The Balaban J connectivity index is 1.68. The third kappa shape index (κ3) is 4.68. The summed E-state index contributed by atoms with van der Waals surface area (Å²) in [6.07, 6.45) is 8.38. The molecule has 0 spiro atoms.